The highest BCUT2D eigenvalue weighted by molar-refractivity contribution is 5.70. The average molecular weight is 1070 g/mol. The fourth-order valence-corrected chi connectivity index (χ4v) is 7.31. The molecule has 2 unspecified atom stereocenters. The lowest BCUT2D eigenvalue weighted by Gasteiger charge is -2.26. The summed E-state index contributed by atoms with van der Waals surface area (Å²) in [5.41, 5.74) is 0. The van der Waals surface area contributed by atoms with Crippen molar-refractivity contribution in [3.8, 4) is 0 Å². The molecule has 0 bridgehead atoms. The number of ether oxygens (including phenoxy) is 4. The number of nitrogens with zero attached hydrogens (tertiary/aromatic N) is 1. The van der Waals surface area contributed by atoms with Gasteiger partial charge in [0.15, 0.2) is 12.4 Å². The van der Waals surface area contributed by atoms with Crippen LogP contribution in [0.5, 0.6) is 0 Å². The van der Waals surface area contributed by atoms with Crippen LogP contribution in [0.1, 0.15) is 194 Å². The summed E-state index contributed by atoms with van der Waals surface area (Å²) < 4.78 is 22.6. The smallest absolute Gasteiger partial charge is 0.306 e. The Balaban J connectivity index is 4.31. The van der Waals surface area contributed by atoms with E-state index in [2.05, 4.69) is 160 Å². The number of carboxylic acid groups (broad SMARTS) is 1. The molecule has 0 saturated heterocycles. The standard InChI is InChI=1S/C68H107NO8/c1-6-8-10-12-14-16-18-20-22-24-26-27-28-29-30-31-32-33-34-35-36-37-38-39-41-43-45-47-49-51-53-55-57-59-66(71)77-64(63-76-68(67(72)73)74-61-60-69(3,4)5)62-75-65(70)58-56-54-52-50-48-46-44-42-40-25-23-21-19-17-15-13-11-9-7-2/h8-11,14-17,20-23,26-27,29-30,32-33,35-36,40,42,46,48,52,54,64,68H,6-7,12-13,18-19,24-25,28,31,34,37-39,41,43-45,47,49-51,53,55-63H2,1-5H3/b10-8-,11-9-,16-14-,17-15-,22-20-,23-21-,27-26-,30-29-,33-32-,36-35-,42-40-,48-46-,54-52-. The third-order valence-electron chi connectivity index (χ3n) is 11.8. The van der Waals surface area contributed by atoms with Crippen LogP contribution in [0.2, 0.25) is 0 Å². The first-order valence-corrected chi connectivity index (χ1v) is 29.6. The predicted molar refractivity (Wildman–Crippen MR) is 324 cm³/mol. The summed E-state index contributed by atoms with van der Waals surface area (Å²) in [6.07, 6.45) is 81.7. The molecule has 0 fully saturated rings. The van der Waals surface area contributed by atoms with Crippen molar-refractivity contribution in [2.75, 3.05) is 47.5 Å². The molecule has 0 N–H and O–H groups in total. The van der Waals surface area contributed by atoms with Gasteiger partial charge in [0.1, 0.15) is 13.2 Å². The molecule has 0 aliphatic rings. The zero-order chi connectivity index (χ0) is 56.2. The number of unbranched alkanes of at least 4 members (excludes halogenated alkanes) is 11. The molecule has 0 radical (unpaired) electrons. The van der Waals surface area contributed by atoms with E-state index in [1.54, 1.807) is 0 Å². The number of carbonyl (C=O) groups excluding carboxylic acids is 3. The van der Waals surface area contributed by atoms with Gasteiger partial charge >= 0.3 is 11.9 Å². The van der Waals surface area contributed by atoms with Gasteiger partial charge in [-0.2, -0.15) is 0 Å². The van der Waals surface area contributed by atoms with Gasteiger partial charge in [0.25, 0.3) is 0 Å². The second-order valence-corrected chi connectivity index (χ2v) is 20.2. The Morgan fingerprint density at radius 2 is 0.727 bits per heavy atom. The Hall–Kier alpha value is -5.09. The van der Waals surface area contributed by atoms with Gasteiger partial charge in [-0.15, -0.1) is 0 Å². The molecule has 0 saturated carbocycles. The largest absolute Gasteiger partial charge is 0.545 e. The molecule has 432 valence electrons. The minimum atomic E-state index is -1.65. The molecule has 0 aromatic carbocycles. The molecule has 0 amide bonds. The number of carbonyl (C=O) groups is 3. The highest BCUT2D eigenvalue weighted by Gasteiger charge is 2.21. The predicted octanol–water partition coefficient (Wildman–Crippen LogP) is 16.4. The number of carboxylic acids is 1. The maximum Gasteiger partial charge on any atom is 0.306 e. The Kier molecular flexibility index (Phi) is 53.3. The summed E-state index contributed by atoms with van der Waals surface area (Å²) in [5.74, 6) is -2.42. The number of esters is 2. The summed E-state index contributed by atoms with van der Waals surface area (Å²) >= 11 is 0. The molecule has 77 heavy (non-hydrogen) atoms. The molecule has 0 rings (SSSR count). The monoisotopic (exact) mass is 1070 g/mol. The number of hydrogen-bond donors (Lipinski definition) is 0. The van der Waals surface area contributed by atoms with E-state index in [0.717, 1.165) is 109 Å². The third kappa shape index (κ3) is 58.4. The number of likely N-dealkylation sites (N-methyl/N-ethyl adjacent to an activating group) is 1. The van der Waals surface area contributed by atoms with E-state index in [9.17, 15) is 19.5 Å². The SMILES string of the molecule is CC/C=C\C/C=C\C/C=C\C/C=C\C/C=C\C/C=C\C/C=C\CCCCCCCCCCCCCC(=O)OC(COC(=O)CC/C=C\C/C=C\C/C=C\C/C=C\C/C=C\C/C=C\CC)COC(OCC[N+](C)(C)C)C(=O)[O-]. The Morgan fingerprint density at radius 3 is 1.09 bits per heavy atom. The molecular formula is C68H107NO8. The van der Waals surface area contributed by atoms with Gasteiger partial charge in [0.05, 0.1) is 40.3 Å². The topological polar surface area (TPSA) is 111 Å². The minimum Gasteiger partial charge on any atom is -0.545 e. The summed E-state index contributed by atoms with van der Waals surface area (Å²) in [6.45, 7) is 4.40. The van der Waals surface area contributed by atoms with E-state index in [1.165, 1.54) is 44.9 Å². The van der Waals surface area contributed by atoms with Gasteiger partial charge in [-0.3, -0.25) is 9.59 Å². The summed E-state index contributed by atoms with van der Waals surface area (Å²) in [4.78, 5) is 37.3. The summed E-state index contributed by atoms with van der Waals surface area (Å²) in [5, 5.41) is 11.8. The molecule has 0 aromatic rings. The van der Waals surface area contributed by atoms with Crippen molar-refractivity contribution in [2.24, 2.45) is 0 Å². The minimum absolute atomic E-state index is 0.127. The van der Waals surface area contributed by atoms with E-state index < -0.39 is 30.3 Å². The van der Waals surface area contributed by atoms with Crippen LogP contribution in [0.15, 0.2) is 158 Å². The van der Waals surface area contributed by atoms with Crippen molar-refractivity contribution >= 4 is 17.9 Å². The Morgan fingerprint density at radius 1 is 0.390 bits per heavy atom. The first-order chi connectivity index (χ1) is 37.6. The van der Waals surface area contributed by atoms with Gasteiger partial charge in [-0.05, 0) is 109 Å². The molecular weight excluding hydrogens is 959 g/mol. The number of quaternary nitrogens is 1. The number of rotatable bonds is 52. The van der Waals surface area contributed by atoms with Crippen molar-refractivity contribution < 1.29 is 42.9 Å². The van der Waals surface area contributed by atoms with Crippen LogP contribution in [0.3, 0.4) is 0 Å². The quantitative estimate of drug-likeness (QED) is 0.0195. The second-order valence-electron chi connectivity index (χ2n) is 20.2. The van der Waals surface area contributed by atoms with E-state index in [1.807, 2.05) is 33.3 Å². The molecule has 9 heteroatoms. The highest BCUT2D eigenvalue weighted by Crippen LogP contribution is 2.14. The fourth-order valence-electron chi connectivity index (χ4n) is 7.31. The van der Waals surface area contributed by atoms with Gasteiger partial charge in [-0.25, -0.2) is 0 Å². The van der Waals surface area contributed by atoms with E-state index in [0.29, 0.717) is 23.9 Å². The Labute approximate surface area is 470 Å². The highest BCUT2D eigenvalue weighted by atomic mass is 16.7. The van der Waals surface area contributed by atoms with Crippen molar-refractivity contribution in [1.82, 2.24) is 0 Å². The van der Waals surface area contributed by atoms with E-state index >= 15 is 0 Å². The lowest BCUT2D eigenvalue weighted by molar-refractivity contribution is -0.870. The maximum atomic E-state index is 12.9. The molecule has 9 nitrogen and oxygen atoms in total. The maximum absolute atomic E-state index is 12.9. The van der Waals surface area contributed by atoms with Gasteiger partial charge in [-0.1, -0.05) is 230 Å². The van der Waals surface area contributed by atoms with Crippen LogP contribution in [0.4, 0.5) is 0 Å². The molecule has 0 aromatic heterocycles. The van der Waals surface area contributed by atoms with Crippen LogP contribution >= 0.6 is 0 Å². The van der Waals surface area contributed by atoms with Crippen LogP contribution < -0.4 is 5.11 Å². The number of hydrogen-bond acceptors (Lipinski definition) is 8. The molecule has 2 atom stereocenters. The van der Waals surface area contributed by atoms with Gasteiger partial charge in [0, 0.05) is 12.8 Å². The third-order valence-corrected chi connectivity index (χ3v) is 11.8. The van der Waals surface area contributed by atoms with Crippen LogP contribution in [0, 0.1) is 0 Å². The lowest BCUT2D eigenvalue weighted by atomic mass is 10.0. The summed E-state index contributed by atoms with van der Waals surface area (Å²) in [7, 11) is 5.89. The van der Waals surface area contributed by atoms with Crippen molar-refractivity contribution in [3.05, 3.63) is 158 Å². The van der Waals surface area contributed by atoms with Gasteiger partial charge < -0.3 is 33.3 Å². The van der Waals surface area contributed by atoms with Crippen molar-refractivity contribution in [2.45, 2.75) is 206 Å². The van der Waals surface area contributed by atoms with Crippen LogP contribution in [-0.4, -0.2) is 82.3 Å². The molecule has 0 aliphatic heterocycles. The first-order valence-electron chi connectivity index (χ1n) is 29.6. The fraction of sp³-hybridized carbons (Fsp3) is 0.574. The van der Waals surface area contributed by atoms with Crippen molar-refractivity contribution in [1.29, 1.82) is 0 Å². The number of aliphatic carboxylic acids is 1. The zero-order valence-electron chi connectivity index (χ0n) is 49.0. The second kappa shape index (κ2) is 57.1. The summed E-state index contributed by atoms with van der Waals surface area (Å²) in [6, 6.07) is 0. The zero-order valence-corrected chi connectivity index (χ0v) is 49.0. The van der Waals surface area contributed by atoms with E-state index in [4.69, 9.17) is 18.9 Å². The van der Waals surface area contributed by atoms with Gasteiger partial charge in [0.2, 0.25) is 0 Å². The molecule has 0 heterocycles. The molecule has 0 spiro atoms. The van der Waals surface area contributed by atoms with Crippen LogP contribution in [-0.2, 0) is 33.3 Å². The number of allylic oxidation sites excluding steroid dienone is 26. The lowest BCUT2D eigenvalue weighted by Crippen LogP contribution is -2.44. The first kappa shape index (κ1) is 71.9. The molecule has 0 aliphatic carbocycles. The van der Waals surface area contributed by atoms with Crippen LogP contribution in [0.25, 0.3) is 0 Å². The van der Waals surface area contributed by atoms with Crippen molar-refractivity contribution in [3.63, 3.8) is 0 Å². The Bertz CT molecular complexity index is 1810. The normalized spacial score (nSPS) is 13.9. The van der Waals surface area contributed by atoms with E-state index in [-0.39, 0.29) is 32.7 Å². The average Bonchev–Trinajstić information content (AvgIpc) is 3.40.